The van der Waals surface area contributed by atoms with Gasteiger partial charge in [0, 0.05) is 18.5 Å². The van der Waals surface area contributed by atoms with Crippen LogP contribution in [0.3, 0.4) is 0 Å². The number of nitrogens with one attached hydrogen (secondary N) is 2. The van der Waals surface area contributed by atoms with Crippen molar-refractivity contribution in [2.75, 3.05) is 13.1 Å². The summed E-state index contributed by atoms with van der Waals surface area (Å²) in [6.45, 7) is 1.20. The molecule has 0 saturated heterocycles. The Morgan fingerprint density at radius 1 is 1.00 bits per heavy atom. The van der Waals surface area contributed by atoms with Crippen LogP contribution in [0.1, 0.15) is 30.4 Å². The van der Waals surface area contributed by atoms with Crippen molar-refractivity contribution in [1.82, 2.24) is 10.6 Å². The number of urea groups is 1. The third kappa shape index (κ3) is 3.94. The molecule has 1 aliphatic rings. The zero-order chi connectivity index (χ0) is 16.8. The van der Waals surface area contributed by atoms with E-state index < -0.39 is 0 Å². The summed E-state index contributed by atoms with van der Waals surface area (Å²) in [6, 6.07) is 16.6. The quantitative estimate of drug-likeness (QED) is 0.833. The zero-order valence-electron chi connectivity index (χ0n) is 13.7. The van der Waals surface area contributed by atoms with E-state index in [1.165, 1.54) is 24.1 Å². The fraction of sp³-hybridized carbons (Fsp3) is 0.350. The number of hydrogen-bond acceptors (Lipinski definition) is 1. The summed E-state index contributed by atoms with van der Waals surface area (Å²) in [5, 5.41) is 5.88. The molecule has 4 heteroatoms. The molecule has 24 heavy (non-hydrogen) atoms. The first-order valence-electron chi connectivity index (χ1n) is 8.50. The Morgan fingerprint density at radius 3 is 2.33 bits per heavy atom. The lowest BCUT2D eigenvalue weighted by atomic mass is 9.64. The van der Waals surface area contributed by atoms with E-state index in [0.29, 0.717) is 19.5 Å². The minimum absolute atomic E-state index is 0.0928. The SMILES string of the molecule is O=C(NCCc1ccc(F)cc1)NCC1(c2ccccc2)CCC1. The van der Waals surface area contributed by atoms with Crippen LogP contribution in [0.4, 0.5) is 9.18 Å². The second kappa shape index (κ2) is 7.47. The monoisotopic (exact) mass is 326 g/mol. The highest BCUT2D eigenvalue weighted by molar-refractivity contribution is 5.74. The smallest absolute Gasteiger partial charge is 0.314 e. The number of benzene rings is 2. The van der Waals surface area contributed by atoms with Gasteiger partial charge in [0.05, 0.1) is 0 Å². The van der Waals surface area contributed by atoms with Gasteiger partial charge in [0.1, 0.15) is 5.82 Å². The molecule has 0 heterocycles. The number of halogens is 1. The van der Waals surface area contributed by atoms with Crippen LogP contribution >= 0.6 is 0 Å². The Balaban J connectivity index is 1.44. The van der Waals surface area contributed by atoms with Crippen LogP contribution in [-0.2, 0) is 11.8 Å². The van der Waals surface area contributed by atoms with Crippen LogP contribution in [0.15, 0.2) is 54.6 Å². The average Bonchev–Trinajstić information content (AvgIpc) is 2.57. The predicted octanol–water partition coefficient (Wildman–Crippen LogP) is 3.79. The number of hydrogen-bond donors (Lipinski definition) is 2. The van der Waals surface area contributed by atoms with Crippen molar-refractivity contribution >= 4 is 6.03 Å². The van der Waals surface area contributed by atoms with Crippen LogP contribution < -0.4 is 10.6 Å². The molecule has 0 atom stereocenters. The molecule has 0 bridgehead atoms. The lowest BCUT2D eigenvalue weighted by molar-refractivity contribution is 0.215. The van der Waals surface area contributed by atoms with Crippen LogP contribution in [0, 0.1) is 5.82 Å². The Kier molecular flexibility index (Phi) is 5.14. The summed E-state index contributed by atoms with van der Waals surface area (Å²) in [7, 11) is 0. The van der Waals surface area contributed by atoms with E-state index in [1.54, 1.807) is 12.1 Å². The fourth-order valence-corrected chi connectivity index (χ4v) is 3.25. The van der Waals surface area contributed by atoms with Gasteiger partial charge in [-0.3, -0.25) is 0 Å². The van der Waals surface area contributed by atoms with Gasteiger partial charge in [0.15, 0.2) is 0 Å². The molecular weight excluding hydrogens is 303 g/mol. The highest BCUT2D eigenvalue weighted by Crippen LogP contribution is 2.43. The summed E-state index contributed by atoms with van der Waals surface area (Å²) < 4.78 is 12.8. The van der Waals surface area contributed by atoms with Crippen molar-refractivity contribution in [3.05, 3.63) is 71.5 Å². The molecule has 2 aromatic rings. The number of amides is 2. The molecule has 1 aliphatic carbocycles. The third-order valence-corrected chi connectivity index (χ3v) is 4.90. The lowest BCUT2D eigenvalue weighted by Gasteiger charge is -2.42. The molecule has 2 N–H and O–H groups in total. The molecular formula is C20H23FN2O. The van der Waals surface area contributed by atoms with E-state index in [2.05, 4.69) is 34.9 Å². The Morgan fingerprint density at radius 2 is 1.71 bits per heavy atom. The van der Waals surface area contributed by atoms with E-state index in [-0.39, 0.29) is 17.3 Å². The summed E-state index contributed by atoms with van der Waals surface area (Å²) >= 11 is 0. The first-order valence-corrected chi connectivity index (χ1v) is 8.50. The van der Waals surface area contributed by atoms with E-state index in [9.17, 15) is 9.18 Å². The molecule has 2 aromatic carbocycles. The molecule has 0 aliphatic heterocycles. The van der Waals surface area contributed by atoms with Crippen molar-refractivity contribution in [1.29, 1.82) is 0 Å². The van der Waals surface area contributed by atoms with Gasteiger partial charge in [0.2, 0.25) is 0 Å². The first-order chi connectivity index (χ1) is 11.7. The van der Waals surface area contributed by atoms with E-state index in [1.807, 2.05) is 6.07 Å². The fourth-order valence-electron chi connectivity index (χ4n) is 3.25. The molecule has 1 fully saturated rings. The normalized spacial score (nSPS) is 15.4. The second-order valence-corrected chi connectivity index (χ2v) is 6.49. The van der Waals surface area contributed by atoms with Gasteiger partial charge in [-0.2, -0.15) is 0 Å². The summed E-state index contributed by atoms with van der Waals surface area (Å²) in [5.41, 5.74) is 2.41. The Bertz CT molecular complexity index is 666. The molecule has 0 spiro atoms. The lowest BCUT2D eigenvalue weighted by Crippen LogP contribution is -2.48. The van der Waals surface area contributed by atoms with E-state index in [4.69, 9.17) is 0 Å². The number of carbonyl (C=O) groups excluding carboxylic acids is 1. The van der Waals surface area contributed by atoms with E-state index in [0.717, 1.165) is 18.4 Å². The first kappa shape index (κ1) is 16.5. The van der Waals surface area contributed by atoms with Crippen molar-refractivity contribution < 1.29 is 9.18 Å². The van der Waals surface area contributed by atoms with Crippen LogP contribution in [0.25, 0.3) is 0 Å². The van der Waals surface area contributed by atoms with Crippen molar-refractivity contribution in [3.63, 3.8) is 0 Å². The summed E-state index contributed by atoms with van der Waals surface area (Å²) in [6.07, 6.45) is 4.14. The van der Waals surface area contributed by atoms with Gasteiger partial charge in [-0.1, -0.05) is 48.9 Å². The largest absolute Gasteiger partial charge is 0.338 e. The average molecular weight is 326 g/mol. The van der Waals surface area contributed by atoms with Gasteiger partial charge in [-0.15, -0.1) is 0 Å². The molecule has 1 saturated carbocycles. The van der Waals surface area contributed by atoms with Gasteiger partial charge >= 0.3 is 6.03 Å². The third-order valence-electron chi connectivity index (χ3n) is 4.90. The zero-order valence-corrected chi connectivity index (χ0v) is 13.7. The molecule has 0 aromatic heterocycles. The predicted molar refractivity (Wildman–Crippen MR) is 93.5 cm³/mol. The molecule has 126 valence electrons. The van der Waals surface area contributed by atoms with Crippen molar-refractivity contribution in [2.24, 2.45) is 0 Å². The van der Waals surface area contributed by atoms with Crippen molar-refractivity contribution in [2.45, 2.75) is 31.1 Å². The Hall–Kier alpha value is -2.36. The standard InChI is InChI=1S/C20H23FN2O/c21-18-9-7-16(8-10-18)11-14-22-19(24)23-15-20(12-4-13-20)17-5-2-1-3-6-17/h1-3,5-10H,4,11-15H2,(H2,22,23,24). The number of rotatable bonds is 6. The van der Waals surface area contributed by atoms with Gasteiger partial charge in [-0.25, -0.2) is 9.18 Å². The van der Waals surface area contributed by atoms with Crippen LogP contribution in [0.2, 0.25) is 0 Å². The topological polar surface area (TPSA) is 41.1 Å². The maximum Gasteiger partial charge on any atom is 0.314 e. The van der Waals surface area contributed by atoms with Gasteiger partial charge < -0.3 is 10.6 Å². The molecule has 3 rings (SSSR count). The molecule has 2 amide bonds. The minimum Gasteiger partial charge on any atom is -0.338 e. The van der Waals surface area contributed by atoms with Crippen molar-refractivity contribution in [3.8, 4) is 0 Å². The minimum atomic E-state index is -0.240. The summed E-state index contributed by atoms with van der Waals surface area (Å²) in [5.74, 6) is -0.240. The Labute approximate surface area is 142 Å². The highest BCUT2D eigenvalue weighted by Gasteiger charge is 2.38. The maximum absolute atomic E-state index is 12.8. The van der Waals surface area contributed by atoms with Crippen LogP contribution in [0.5, 0.6) is 0 Å². The van der Waals surface area contributed by atoms with Gasteiger partial charge in [-0.05, 0) is 42.5 Å². The molecule has 0 radical (unpaired) electrons. The second-order valence-electron chi connectivity index (χ2n) is 6.49. The van der Waals surface area contributed by atoms with Crippen LogP contribution in [-0.4, -0.2) is 19.1 Å². The molecule has 0 unspecified atom stereocenters. The highest BCUT2D eigenvalue weighted by atomic mass is 19.1. The maximum atomic E-state index is 12.8. The van der Waals surface area contributed by atoms with E-state index >= 15 is 0 Å². The summed E-state index contributed by atoms with van der Waals surface area (Å²) in [4.78, 5) is 12.0. The van der Waals surface area contributed by atoms with Gasteiger partial charge in [0.25, 0.3) is 0 Å². The number of carbonyl (C=O) groups is 1. The molecule has 3 nitrogen and oxygen atoms in total.